The number of para-hydroxylation sites is 4. The van der Waals surface area contributed by atoms with Crippen molar-refractivity contribution in [2.75, 3.05) is 4.90 Å². The number of aromatic nitrogens is 1. The lowest BCUT2D eigenvalue weighted by atomic mass is 9.92. The van der Waals surface area contributed by atoms with Gasteiger partial charge in [-0.15, -0.1) is 0 Å². The van der Waals surface area contributed by atoms with Crippen LogP contribution in [-0.4, -0.2) is 4.57 Å². The van der Waals surface area contributed by atoms with Gasteiger partial charge in [0.1, 0.15) is 11.2 Å². The maximum absolute atomic E-state index is 6.62. The minimum Gasteiger partial charge on any atom is -0.455 e. The molecule has 2 heterocycles. The van der Waals surface area contributed by atoms with Crippen LogP contribution in [0.4, 0.5) is 17.1 Å². The summed E-state index contributed by atoms with van der Waals surface area (Å²) in [7, 11) is 0. The van der Waals surface area contributed by atoms with E-state index in [0.29, 0.717) is 0 Å². The Labute approximate surface area is 366 Å². The van der Waals surface area contributed by atoms with Gasteiger partial charge in [0.05, 0.1) is 22.4 Å². The van der Waals surface area contributed by atoms with Crippen molar-refractivity contribution in [3.8, 4) is 50.2 Å². The molecular formula is C60H40N2O. The normalized spacial score (nSPS) is 11.5. The number of furan rings is 1. The lowest BCUT2D eigenvalue weighted by Gasteiger charge is -2.30. The fraction of sp³-hybridized carbons (Fsp3) is 0. The van der Waals surface area contributed by atoms with E-state index >= 15 is 0 Å². The lowest BCUT2D eigenvalue weighted by Crippen LogP contribution is -2.12. The van der Waals surface area contributed by atoms with Crippen LogP contribution in [0, 0.1) is 0 Å². The van der Waals surface area contributed by atoms with E-state index < -0.39 is 0 Å². The van der Waals surface area contributed by atoms with Crippen LogP contribution in [0.2, 0.25) is 0 Å². The maximum atomic E-state index is 6.62. The second-order valence-corrected chi connectivity index (χ2v) is 16.0. The van der Waals surface area contributed by atoms with Gasteiger partial charge >= 0.3 is 0 Å². The first-order valence-electron chi connectivity index (χ1n) is 21.5. The summed E-state index contributed by atoms with van der Waals surface area (Å²) in [4.78, 5) is 2.49. The van der Waals surface area contributed by atoms with Gasteiger partial charge < -0.3 is 13.9 Å². The molecule has 0 atom stereocenters. The number of hydrogen-bond donors (Lipinski definition) is 0. The smallest absolute Gasteiger partial charge is 0.143 e. The molecule has 2 aromatic heterocycles. The number of nitrogens with zero attached hydrogens (tertiary/aromatic N) is 2. The molecule has 296 valence electrons. The fourth-order valence-corrected chi connectivity index (χ4v) is 9.57. The van der Waals surface area contributed by atoms with Gasteiger partial charge in [0.25, 0.3) is 0 Å². The third-order valence-corrected chi connectivity index (χ3v) is 12.4. The van der Waals surface area contributed by atoms with Gasteiger partial charge in [-0.2, -0.15) is 0 Å². The SMILES string of the molecule is c1ccc(-c2ccc(N(c3ccc(-c4cccc5c4oc4ccccc45)cc3-c3ccccc3)c3cccc4c3c3ccccc3n4-c3ccccc3)cc2-c2ccccc2)cc1. The van der Waals surface area contributed by atoms with Crippen LogP contribution >= 0.6 is 0 Å². The summed E-state index contributed by atoms with van der Waals surface area (Å²) < 4.78 is 9.02. The van der Waals surface area contributed by atoms with Crippen molar-refractivity contribution < 1.29 is 4.42 Å². The second kappa shape index (κ2) is 15.3. The average molecular weight is 805 g/mol. The average Bonchev–Trinajstić information content (AvgIpc) is 3.92. The molecular weight excluding hydrogens is 765 g/mol. The molecule has 3 nitrogen and oxygen atoms in total. The van der Waals surface area contributed by atoms with Crippen LogP contribution in [0.3, 0.4) is 0 Å². The Hall–Kier alpha value is -8.40. The number of rotatable bonds is 8. The van der Waals surface area contributed by atoms with E-state index in [1.165, 1.54) is 21.9 Å². The van der Waals surface area contributed by atoms with Gasteiger partial charge in [0.2, 0.25) is 0 Å². The van der Waals surface area contributed by atoms with Crippen LogP contribution in [0.15, 0.2) is 247 Å². The van der Waals surface area contributed by atoms with Gasteiger partial charge in [-0.05, 0) is 94.0 Å². The van der Waals surface area contributed by atoms with E-state index in [4.69, 9.17) is 4.42 Å². The largest absolute Gasteiger partial charge is 0.455 e. The molecule has 0 radical (unpaired) electrons. The van der Waals surface area contributed by atoms with Gasteiger partial charge in [-0.1, -0.05) is 182 Å². The predicted octanol–water partition coefficient (Wildman–Crippen LogP) is 16.8. The van der Waals surface area contributed by atoms with Crippen molar-refractivity contribution in [2.45, 2.75) is 0 Å². The standard InChI is InChI=1S/C60H40N2O/c1-5-19-41(20-6-1)47-37-36-46(40-52(47)42-21-7-2-8-22-42)62(57-33-18-32-56-59(57)51-28-13-15-31-54(51)61(56)45-25-11-4-12-26-45)55-38-35-44(39-53(55)43-23-9-3-10-24-43)48-29-17-30-50-49-27-14-16-34-58(49)63-60(48)50/h1-40H. The summed E-state index contributed by atoms with van der Waals surface area (Å²) in [5.41, 5.74) is 17.5. The Bertz CT molecular complexity index is 3610. The molecule has 0 amide bonds. The van der Waals surface area contributed by atoms with Gasteiger partial charge in [0.15, 0.2) is 0 Å². The third kappa shape index (κ3) is 6.21. The van der Waals surface area contributed by atoms with Crippen LogP contribution in [0.25, 0.3) is 93.9 Å². The van der Waals surface area contributed by atoms with E-state index in [2.05, 4.69) is 246 Å². The minimum atomic E-state index is 0.891. The van der Waals surface area contributed by atoms with E-state index in [9.17, 15) is 0 Å². The second-order valence-electron chi connectivity index (χ2n) is 16.0. The molecule has 3 heteroatoms. The fourth-order valence-electron chi connectivity index (χ4n) is 9.57. The molecule has 12 aromatic rings. The molecule has 0 saturated heterocycles. The van der Waals surface area contributed by atoms with E-state index in [1.807, 2.05) is 6.07 Å². The molecule has 0 aliphatic carbocycles. The number of fused-ring (bicyclic) bond motifs is 6. The first-order chi connectivity index (χ1) is 31.3. The quantitative estimate of drug-likeness (QED) is 0.153. The summed E-state index contributed by atoms with van der Waals surface area (Å²) in [6, 6.07) is 87.2. The van der Waals surface area contributed by atoms with E-state index in [-0.39, 0.29) is 0 Å². The minimum absolute atomic E-state index is 0.891. The van der Waals surface area contributed by atoms with Gasteiger partial charge in [-0.25, -0.2) is 0 Å². The molecule has 0 fully saturated rings. The molecule has 0 spiro atoms. The van der Waals surface area contributed by atoms with Crippen LogP contribution < -0.4 is 4.90 Å². The number of benzene rings is 10. The van der Waals surface area contributed by atoms with Crippen molar-refractivity contribution in [3.05, 3.63) is 243 Å². The van der Waals surface area contributed by atoms with Gasteiger partial charge in [-0.3, -0.25) is 0 Å². The van der Waals surface area contributed by atoms with Gasteiger partial charge in [0, 0.05) is 44.0 Å². The molecule has 0 aliphatic rings. The van der Waals surface area contributed by atoms with Crippen molar-refractivity contribution >= 4 is 60.8 Å². The third-order valence-electron chi connectivity index (χ3n) is 12.4. The predicted molar refractivity (Wildman–Crippen MR) is 264 cm³/mol. The molecule has 63 heavy (non-hydrogen) atoms. The summed E-state index contributed by atoms with van der Waals surface area (Å²) in [5, 5.41) is 4.61. The topological polar surface area (TPSA) is 21.3 Å². The zero-order chi connectivity index (χ0) is 41.7. The summed E-state index contributed by atoms with van der Waals surface area (Å²) in [6.45, 7) is 0. The molecule has 0 bridgehead atoms. The van der Waals surface area contributed by atoms with Crippen molar-refractivity contribution in [1.29, 1.82) is 0 Å². The summed E-state index contributed by atoms with van der Waals surface area (Å²) in [5.74, 6) is 0. The highest BCUT2D eigenvalue weighted by Crippen LogP contribution is 2.49. The monoisotopic (exact) mass is 804 g/mol. The highest BCUT2D eigenvalue weighted by molar-refractivity contribution is 6.17. The maximum Gasteiger partial charge on any atom is 0.143 e. The van der Waals surface area contributed by atoms with Crippen molar-refractivity contribution in [3.63, 3.8) is 0 Å². The molecule has 0 saturated carbocycles. The molecule has 0 N–H and O–H groups in total. The van der Waals surface area contributed by atoms with Crippen molar-refractivity contribution in [2.24, 2.45) is 0 Å². The Morgan fingerprint density at radius 2 is 0.921 bits per heavy atom. The summed E-state index contributed by atoms with van der Waals surface area (Å²) >= 11 is 0. The Morgan fingerprint density at radius 1 is 0.333 bits per heavy atom. The van der Waals surface area contributed by atoms with E-state index in [1.54, 1.807) is 0 Å². The first-order valence-corrected chi connectivity index (χ1v) is 21.5. The number of hydrogen-bond acceptors (Lipinski definition) is 2. The number of anilines is 3. The summed E-state index contributed by atoms with van der Waals surface area (Å²) in [6.07, 6.45) is 0. The molecule has 0 unspecified atom stereocenters. The molecule has 12 rings (SSSR count). The van der Waals surface area contributed by atoms with E-state index in [0.717, 1.165) is 89.1 Å². The van der Waals surface area contributed by atoms with Crippen LogP contribution in [0.1, 0.15) is 0 Å². The first kappa shape index (κ1) is 36.5. The Balaban J connectivity index is 1.17. The highest BCUT2D eigenvalue weighted by Gasteiger charge is 2.25. The molecule has 0 aliphatic heterocycles. The van der Waals surface area contributed by atoms with Crippen LogP contribution in [-0.2, 0) is 0 Å². The Kier molecular flexibility index (Phi) is 8.83. The van der Waals surface area contributed by atoms with Crippen LogP contribution in [0.5, 0.6) is 0 Å². The Morgan fingerprint density at radius 3 is 1.67 bits per heavy atom. The highest BCUT2D eigenvalue weighted by atomic mass is 16.3. The zero-order valence-corrected chi connectivity index (χ0v) is 34.4. The molecule has 10 aromatic carbocycles. The zero-order valence-electron chi connectivity index (χ0n) is 34.4. The van der Waals surface area contributed by atoms with Crippen molar-refractivity contribution in [1.82, 2.24) is 4.57 Å². The lowest BCUT2D eigenvalue weighted by molar-refractivity contribution is 0.670.